The van der Waals surface area contributed by atoms with E-state index in [9.17, 15) is 38.4 Å². The molecule has 37 atom stereocenters. The summed E-state index contributed by atoms with van der Waals surface area (Å²) in [6.45, 7) is 22.8. The number of esters is 8. The second kappa shape index (κ2) is 37.7. The third kappa shape index (κ3) is 17.5. The van der Waals surface area contributed by atoms with Gasteiger partial charge in [-0.2, -0.15) is 0 Å². The van der Waals surface area contributed by atoms with Crippen LogP contribution in [-0.2, 0) is 95.2 Å². The molecule has 27 aliphatic rings. The van der Waals surface area contributed by atoms with Gasteiger partial charge < -0.3 is 56.8 Å². The van der Waals surface area contributed by atoms with Gasteiger partial charge in [-0.25, -0.2) is 0 Å². The van der Waals surface area contributed by atoms with Crippen LogP contribution >= 0.6 is 0 Å². The van der Waals surface area contributed by atoms with Gasteiger partial charge in [-0.1, -0.05) is 67.2 Å². The molecule has 0 aromatic carbocycles. The van der Waals surface area contributed by atoms with E-state index < -0.39 is 10.8 Å². The first-order chi connectivity index (χ1) is 64.6. The van der Waals surface area contributed by atoms with E-state index in [1.54, 1.807) is 0 Å². The summed E-state index contributed by atoms with van der Waals surface area (Å²) in [5.74, 6) is 21.7. The zero-order chi connectivity index (χ0) is 92.4. The van der Waals surface area contributed by atoms with Crippen molar-refractivity contribution in [2.24, 2.45) is 252 Å². The van der Waals surface area contributed by atoms with Crippen LogP contribution in [0, 0.1) is 252 Å². The van der Waals surface area contributed by atoms with E-state index in [1.807, 2.05) is 62.3 Å². The smallest absolute Gasteiger partial charge is 0.311 e. The molecule has 27 fully saturated rings. The molecule has 0 aromatic rings. The van der Waals surface area contributed by atoms with Gasteiger partial charge in [0.25, 0.3) is 0 Å². The van der Waals surface area contributed by atoms with Crippen LogP contribution in [0.15, 0.2) is 0 Å². The van der Waals surface area contributed by atoms with Gasteiger partial charge in [0.15, 0.2) is 27.2 Å². The summed E-state index contributed by atoms with van der Waals surface area (Å²) in [5, 5.41) is 0. The SMILES string of the molecule is CCC(C)(C)C(=O)OC1CC2CC1C1C3CC(CC3C(=O)OCOC3CCCCC3)C21.CCC(C)(C)C(=O)OC1CC2CC1C1C3CC(CC3C(=O)OCOCC34CC5CC(CC(C5)C3)C4)C21.CCC(C)C(=O)OC1CC2CC1C1C3CC(CC3C(=O)OCOCC34CC5CC(CC(C5)C3)C4)C21.CCC(C)C(=O)OC1CC2CC1C1C3CC(CC3C(=O)OCOCC3CC4CCC3C4)C21. The van der Waals surface area contributed by atoms with Crippen LogP contribution in [0.2, 0.25) is 0 Å². The Morgan fingerprint density at radius 2 is 0.619 bits per heavy atom. The molecule has 0 heterocycles. The second-order valence-corrected chi connectivity index (χ2v) is 53.2. The highest BCUT2D eigenvalue weighted by atomic mass is 16.7. The quantitative estimate of drug-likeness (QED) is 0.0206. The summed E-state index contributed by atoms with van der Waals surface area (Å²) >= 11 is 0. The second-order valence-electron chi connectivity index (χ2n) is 53.2. The van der Waals surface area contributed by atoms with Crippen molar-refractivity contribution in [3.8, 4) is 0 Å². The Balaban J connectivity index is 0.000000104. The van der Waals surface area contributed by atoms with E-state index >= 15 is 0 Å². The van der Waals surface area contributed by atoms with Crippen LogP contribution in [0.5, 0.6) is 0 Å². The zero-order valence-corrected chi connectivity index (χ0v) is 83.5. The number of hydrogen-bond donors (Lipinski definition) is 0. The maximum atomic E-state index is 13.2. The van der Waals surface area contributed by atoms with Gasteiger partial charge >= 0.3 is 47.8 Å². The van der Waals surface area contributed by atoms with Crippen molar-refractivity contribution >= 4 is 47.8 Å². The van der Waals surface area contributed by atoms with Crippen molar-refractivity contribution in [1.29, 1.82) is 0 Å². The molecule has 20 nitrogen and oxygen atoms in total. The molecule has 0 N–H and O–H groups in total. The predicted octanol–water partition coefficient (Wildman–Crippen LogP) is 21.5. The maximum absolute atomic E-state index is 13.2. The number of ether oxygens (including phenoxy) is 12. The Morgan fingerprint density at radius 1 is 0.306 bits per heavy atom. The molecular weight excluding hydrogens is 1690 g/mol. The topological polar surface area (TPSA) is 247 Å². The maximum Gasteiger partial charge on any atom is 0.311 e. The Morgan fingerprint density at radius 3 is 0.933 bits per heavy atom. The van der Waals surface area contributed by atoms with Gasteiger partial charge in [0.05, 0.1) is 72.3 Å². The molecule has 37 unspecified atom stereocenters. The highest BCUT2D eigenvalue weighted by molar-refractivity contribution is 5.78. The summed E-state index contributed by atoms with van der Waals surface area (Å²) in [7, 11) is 0. The number of carbonyl (C=O) groups excluding carboxylic acids is 8. The highest BCUT2D eigenvalue weighted by Crippen LogP contribution is 2.75. The first kappa shape index (κ1) is 94.5. The minimum atomic E-state index is -0.418. The van der Waals surface area contributed by atoms with E-state index in [2.05, 4.69) is 6.92 Å². The molecule has 0 radical (unpaired) electrons. The molecule has 746 valence electrons. The fourth-order valence-electron chi connectivity index (χ4n) is 39.9. The van der Waals surface area contributed by atoms with Crippen LogP contribution in [-0.4, -0.2) is 125 Å². The highest BCUT2D eigenvalue weighted by Gasteiger charge is 2.72. The van der Waals surface area contributed by atoms with Crippen molar-refractivity contribution in [1.82, 2.24) is 0 Å². The van der Waals surface area contributed by atoms with Crippen LogP contribution < -0.4 is 0 Å². The summed E-state index contributed by atoms with van der Waals surface area (Å²) in [4.78, 5) is 103. The summed E-state index contributed by atoms with van der Waals surface area (Å²) in [5.41, 5.74) is -0.104. The normalized spacial score (nSPS) is 47.7. The summed E-state index contributed by atoms with van der Waals surface area (Å²) in [6, 6.07) is 0. The first-order valence-electron chi connectivity index (χ1n) is 56.4. The van der Waals surface area contributed by atoms with Gasteiger partial charge in [-0.05, 0) is 471 Å². The molecule has 0 aliphatic heterocycles. The molecule has 27 aliphatic carbocycles. The standard InChI is InChI=1S/C31H46O5.C30H44O5.C27H40O5.C26H40O5/c1-4-30(2,3)29(33)36-25-11-21-10-24(25)27-22-8-20(26(21)27)9-23(22)28(32)35-16-34-15-31-12-17-5-18(13-31)7-19(6-17)14-31;1-3-16(2)28(31)35-25-10-21-9-24(25)27-22-7-20(26(21)27)8-23(22)29(32)34-15-33-14-30-11-17-4-18(12-30)6-19(5-17)13-30;1-3-14(2)26(28)32-23-11-18-10-22(23)25-20-8-17(24(18)25)9-21(20)27(29)31-13-30-12-19-7-15-4-5-16(19)6-15;1-4-26(2,3)25(28)31-21-13-16-12-20(21)23-18-10-15(22(16)23)11-19(18)24(27)30-14-29-17-8-6-5-7-9-17/h17-27H,4-16H2,1-3H3;16-27H,3-15H2,1-2H3;14-25H,3-13H2,1-2H3;15-23H,4-14H2,1-3H3. The number of fused-ring (bicyclic) bond motifs is 38. The van der Waals surface area contributed by atoms with Gasteiger partial charge in [0.1, 0.15) is 24.4 Å². The molecule has 0 amide bonds. The lowest BCUT2D eigenvalue weighted by Crippen LogP contribution is -2.48. The van der Waals surface area contributed by atoms with Crippen LogP contribution in [0.25, 0.3) is 0 Å². The van der Waals surface area contributed by atoms with Gasteiger partial charge in [-0.15, -0.1) is 0 Å². The van der Waals surface area contributed by atoms with Crippen molar-refractivity contribution < 1.29 is 95.2 Å². The van der Waals surface area contributed by atoms with Crippen LogP contribution in [0.3, 0.4) is 0 Å². The monoisotopic (exact) mass is 1860 g/mol. The molecule has 0 saturated heterocycles. The first-order valence-corrected chi connectivity index (χ1v) is 56.4. The molecular formula is C114H170O20. The van der Waals surface area contributed by atoms with Crippen LogP contribution in [0.4, 0.5) is 0 Å². The average molecular weight is 1860 g/mol. The molecule has 0 spiro atoms. The molecule has 27 saturated carbocycles. The Labute approximate surface area is 801 Å². The van der Waals surface area contributed by atoms with Gasteiger partial charge in [-0.3, -0.25) is 38.4 Å². The lowest BCUT2D eigenvalue weighted by atomic mass is 9.50. The molecule has 134 heavy (non-hydrogen) atoms. The largest absolute Gasteiger partial charge is 0.462 e. The van der Waals surface area contributed by atoms with E-state index in [1.165, 1.54) is 161 Å². The molecule has 20 heteroatoms. The fourth-order valence-corrected chi connectivity index (χ4v) is 39.9. The van der Waals surface area contributed by atoms with Crippen molar-refractivity contribution in [2.75, 3.05) is 47.0 Å². The lowest BCUT2D eigenvalue weighted by Gasteiger charge is -2.56. The Hall–Kier alpha value is -4.40. The van der Waals surface area contributed by atoms with Gasteiger partial charge in [0.2, 0.25) is 0 Å². The van der Waals surface area contributed by atoms with E-state index in [4.69, 9.17) is 56.8 Å². The van der Waals surface area contributed by atoms with E-state index in [0.717, 1.165) is 194 Å². The molecule has 27 rings (SSSR count). The summed E-state index contributed by atoms with van der Waals surface area (Å²) < 4.78 is 70.7. The van der Waals surface area contributed by atoms with Crippen molar-refractivity contribution in [3.05, 3.63) is 0 Å². The third-order valence-corrected chi connectivity index (χ3v) is 45.5. The lowest BCUT2D eigenvalue weighted by molar-refractivity contribution is -0.175. The minimum absolute atomic E-state index is 0.0159. The summed E-state index contributed by atoms with van der Waals surface area (Å²) in [6.07, 6.45) is 49.3. The number of hydrogen-bond acceptors (Lipinski definition) is 20. The van der Waals surface area contributed by atoms with Crippen molar-refractivity contribution in [2.45, 2.75) is 363 Å². The molecule has 0 aromatic heterocycles. The predicted molar refractivity (Wildman–Crippen MR) is 498 cm³/mol. The van der Waals surface area contributed by atoms with E-state index in [0.29, 0.717) is 135 Å². The number of carbonyl (C=O) groups is 8. The van der Waals surface area contributed by atoms with Gasteiger partial charge in [0, 0.05) is 0 Å². The third-order valence-electron chi connectivity index (χ3n) is 45.5. The Bertz CT molecular complexity index is 4200. The van der Waals surface area contributed by atoms with Crippen LogP contribution in [0.1, 0.15) is 332 Å². The molecule has 26 bridgehead atoms. The Kier molecular flexibility index (Phi) is 26.6. The van der Waals surface area contributed by atoms with E-state index in [-0.39, 0.29) is 141 Å². The number of rotatable bonds is 31. The fraction of sp³-hybridized carbons (Fsp3) is 0.930. The van der Waals surface area contributed by atoms with Crippen molar-refractivity contribution in [3.63, 3.8) is 0 Å². The average Bonchev–Trinajstić information content (AvgIpc) is 1.55. The zero-order valence-electron chi connectivity index (χ0n) is 83.5. The minimum Gasteiger partial charge on any atom is -0.462 e.